The van der Waals surface area contributed by atoms with E-state index in [-0.39, 0.29) is 23.8 Å². The summed E-state index contributed by atoms with van der Waals surface area (Å²) in [6.07, 6.45) is 0. The molecule has 6 nitrogen and oxygen atoms in total. The summed E-state index contributed by atoms with van der Waals surface area (Å²) in [5.41, 5.74) is 6.91. The van der Waals surface area contributed by atoms with Crippen LogP contribution >= 0.6 is 15.9 Å². The molecular formula is C13H19BrN2O4S. The van der Waals surface area contributed by atoms with E-state index < -0.39 is 10.0 Å². The molecule has 0 saturated heterocycles. The Bertz CT molecular complexity index is 617. The molecule has 118 valence electrons. The first-order valence-corrected chi connectivity index (χ1v) is 8.40. The highest BCUT2D eigenvalue weighted by Crippen LogP contribution is 2.32. The molecule has 0 aliphatic carbocycles. The molecule has 3 N–H and O–H groups in total. The lowest BCUT2D eigenvalue weighted by Gasteiger charge is -2.12. The van der Waals surface area contributed by atoms with Crippen molar-refractivity contribution in [1.82, 2.24) is 4.72 Å². The van der Waals surface area contributed by atoms with Gasteiger partial charge in [0.25, 0.3) is 0 Å². The molecule has 0 saturated carbocycles. The van der Waals surface area contributed by atoms with Crippen molar-refractivity contribution in [2.45, 2.75) is 11.8 Å². The second kappa shape index (κ2) is 7.79. The SMILES string of the molecule is C=C(C)COCCNS(=O)(=O)c1cc(N)c(Br)cc1OC. The fourth-order valence-corrected chi connectivity index (χ4v) is 3.01. The van der Waals surface area contributed by atoms with E-state index in [1.165, 1.54) is 19.2 Å². The maximum Gasteiger partial charge on any atom is 0.244 e. The lowest BCUT2D eigenvalue weighted by Crippen LogP contribution is -2.28. The molecule has 0 atom stereocenters. The average Bonchev–Trinajstić information content (AvgIpc) is 2.40. The Labute approximate surface area is 133 Å². The van der Waals surface area contributed by atoms with Crippen LogP contribution in [0, 0.1) is 0 Å². The molecule has 0 unspecified atom stereocenters. The van der Waals surface area contributed by atoms with Crippen LogP contribution in [0.3, 0.4) is 0 Å². The Hall–Kier alpha value is -1.09. The molecule has 0 radical (unpaired) electrons. The highest BCUT2D eigenvalue weighted by Gasteiger charge is 2.20. The van der Waals surface area contributed by atoms with Crippen molar-refractivity contribution < 1.29 is 17.9 Å². The third-order valence-electron chi connectivity index (χ3n) is 2.46. The van der Waals surface area contributed by atoms with Crippen molar-refractivity contribution in [2.24, 2.45) is 0 Å². The molecule has 8 heteroatoms. The molecule has 0 aliphatic rings. The van der Waals surface area contributed by atoms with Crippen molar-refractivity contribution in [2.75, 3.05) is 32.6 Å². The number of hydrogen-bond donors (Lipinski definition) is 2. The van der Waals surface area contributed by atoms with Gasteiger partial charge < -0.3 is 15.2 Å². The van der Waals surface area contributed by atoms with E-state index >= 15 is 0 Å². The van der Waals surface area contributed by atoms with Gasteiger partial charge in [-0.2, -0.15) is 0 Å². The number of methoxy groups -OCH3 is 1. The standard InChI is InChI=1S/C13H19BrN2O4S/c1-9(2)8-20-5-4-16-21(17,18)13-7-11(15)10(14)6-12(13)19-3/h6-7,16H,1,4-5,8,15H2,2-3H3. The predicted octanol–water partition coefficient (Wildman–Crippen LogP) is 1.91. The summed E-state index contributed by atoms with van der Waals surface area (Å²) < 4.78 is 37.8. The van der Waals surface area contributed by atoms with E-state index in [9.17, 15) is 8.42 Å². The number of nitrogens with two attached hydrogens (primary N) is 1. The molecule has 0 bridgehead atoms. The Kier molecular flexibility index (Phi) is 6.66. The molecule has 0 amide bonds. The van der Waals surface area contributed by atoms with E-state index in [2.05, 4.69) is 27.2 Å². The van der Waals surface area contributed by atoms with Gasteiger partial charge in [0.15, 0.2) is 0 Å². The minimum Gasteiger partial charge on any atom is -0.495 e. The normalized spacial score (nSPS) is 11.4. The molecule has 1 rings (SSSR count). The highest BCUT2D eigenvalue weighted by molar-refractivity contribution is 9.10. The van der Waals surface area contributed by atoms with E-state index in [4.69, 9.17) is 15.2 Å². The first-order valence-electron chi connectivity index (χ1n) is 6.12. The number of sulfonamides is 1. The van der Waals surface area contributed by atoms with Crippen molar-refractivity contribution in [1.29, 1.82) is 0 Å². The molecule has 1 aromatic carbocycles. The van der Waals surface area contributed by atoms with Gasteiger partial charge in [-0.05, 0) is 35.0 Å². The highest BCUT2D eigenvalue weighted by atomic mass is 79.9. The summed E-state index contributed by atoms with van der Waals surface area (Å²) in [5.74, 6) is 0.214. The molecule has 0 aliphatic heterocycles. The van der Waals surface area contributed by atoms with Gasteiger partial charge in [0, 0.05) is 16.7 Å². The van der Waals surface area contributed by atoms with Crippen LogP contribution in [0.4, 0.5) is 5.69 Å². The van der Waals surface area contributed by atoms with Gasteiger partial charge >= 0.3 is 0 Å². The van der Waals surface area contributed by atoms with Gasteiger partial charge in [-0.15, -0.1) is 0 Å². The molecule has 0 fully saturated rings. The molecule has 0 aromatic heterocycles. The van der Waals surface area contributed by atoms with Crippen LogP contribution in [-0.4, -0.2) is 35.3 Å². The Balaban J connectivity index is 2.78. The fourth-order valence-electron chi connectivity index (χ4n) is 1.49. The summed E-state index contributed by atoms with van der Waals surface area (Å²) >= 11 is 3.23. The van der Waals surface area contributed by atoms with Gasteiger partial charge in [0.2, 0.25) is 10.0 Å². The number of nitrogens with one attached hydrogen (secondary N) is 1. The maximum atomic E-state index is 12.2. The number of nitrogen functional groups attached to an aromatic ring is 1. The topological polar surface area (TPSA) is 90.7 Å². The van der Waals surface area contributed by atoms with Crippen LogP contribution in [0.1, 0.15) is 6.92 Å². The van der Waals surface area contributed by atoms with Gasteiger partial charge in [0.1, 0.15) is 10.6 Å². The molecule has 0 heterocycles. The first kappa shape index (κ1) is 18.0. The minimum absolute atomic E-state index is 0.00870. The van der Waals surface area contributed by atoms with Crippen LogP contribution in [0.25, 0.3) is 0 Å². The average molecular weight is 379 g/mol. The van der Waals surface area contributed by atoms with Crippen LogP contribution < -0.4 is 15.2 Å². The van der Waals surface area contributed by atoms with E-state index in [1.807, 2.05) is 6.92 Å². The zero-order valence-corrected chi connectivity index (χ0v) is 14.4. The summed E-state index contributed by atoms with van der Waals surface area (Å²) in [7, 11) is -2.33. The smallest absolute Gasteiger partial charge is 0.244 e. The predicted molar refractivity (Wildman–Crippen MR) is 85.9 cm³/mol. The number of ether oxygens (including phenoxy) is 2. The number of hydrogen-bond acceptors (Lipinski definition) is 5. The second-order valence-electron chi connectivity index (χ2n) is 4.43. The maximum absolute atomic E-state index is 12.2. The van der Waals surface area contributed by atoms with Gasteiger partial charge in [-0.3, -0.25) is 0 Å². The third kappa shape index (κ3) is 5.31. The van der Waals surface area contributed by atoms with Gasteiger partial charge in [-0.1, -0.05) is 12.2 Å². The summed E-state index contributed by atoms with van der Waals surface area (Å²) in [4.78, 5) is -0.00870. The monoisotopic (exact) mass is 378 g/mol. The Morgan fingerprint density at radius 1 is 1.48 bits per heavy atom. The van der Waals surface area contributed by atoms with Crippen molar-refractivity contribution in [3.8, 4) is 5.75 Å². The summed E-state index contributed by atoms with van der Waals surface area (Å²) in [5, 5.41) is 0. The fraction of sp³-hybridized carbons (Fsp3) is 0.385. The van der Waals surface area contributed by atoms with Crippen LogP contribution in [0.5, 0.6) is 5.75 Å². The van der Waals surface area contributed by atoms with Crippen molar-refractivity contribution >= 4 is 31.6 Å². The van der Waals surface area contributed by atoms with E-state index in [1.54, 1.807) is 0 Å². The van der Waals surface area contributed by atoms with Gasteiger partial charge in [-0.25, -0.2) is 13.1 Å². The number of benzene rings is 1. The quantitative estimate of drug-likeness (QED) is 0.409. The van der Waals surface area contributed by atoms with Crippen LogP contribution in [0.2, 0.25) is 0 Å². The summed E-state index contributed by atoms with van der Waals surface area (Å²) in [6.45, 7) is 6.32. The number of anilines is 1. The van der Waals surface area contributed by atoms with Crippen molar-refractivity contribution in [3.05, 3.63) is 28.8 Å². The number of rotatable bonds is 8. The van der Waals surface area contributed by atoms with E-state index in [0.29, 0.717) is 16.8 Å². The molecule has 21 heavy (non-hydrogen) atoms. The largest absolute Gasteiger partial charge is 0.495 e. The zero-order chi connectivity index (χ0) is 16.0. The lowest BCUT2D eigenvalue weighted by molar-refractivity contribution is 0.162. The van der Waals surface area contributed by atoms with Crippen LogP contribution in [-0.2, 0) is 14.8 Å². The minimum atomic E-state index is -3.72. The van der Waals surface area contributed by atoms with E-state index in [0.717, 1.165) is 5.57 Å². The Morgan fingerprint density at radius 3 is 2.71 bits per heavy atom. The lowest BCUT2D eigenvalue weighted by atomic mass is 10.3. The number of halogens is 1. The summed E-state index contributed by atoms with van der Waals surface area (Å²) in [6, 6.07) is 2.86. The van der Waals surface area contributed by atoms with Crippen molar-refractivity contribution in [3.63, 3.8) is 0 Å². The third-order valence-corrected chi connectivity index (χ3v) is 4.63. The first-order chi connectivity index (χ1) is 9.77. The molecule has 1 aromatic rings. The van der Waals surface area contributed by atoms with Crippen LogP contribution in [0.15, 0.2) is 33.7 Å². The Morgan fingerprint density at radius 2 is 2.14 bits per heavy atom. The molecular weight excluding hydrogens is 360 g/mol. The molecule has 0 spiro atoms. The van der Waals surface area contributed by atoms with Gasteiger partial charge in [0.05, 0.1) is 20.3 Å². The second-order valence-corrected chi connectivity index (χ2v) is 7.02. The zero-order valence-electron chi connectivity index (χ0n) is 12.0.